The van der Waals surface area contributed by atoms with Gasteiger partial charge in [0.1, 0.15) is 5.03 Å². The van der Waals surface area contributed by atoms with Crippen molar-refractivity contribution in [1.82, 2.24) is 30.2 Å². The van der Waals surface area contributed by atoms with E-state index in [1.165, 1.54) is 29.4 Å². The van der Waals surface area contributed by atoms with Gasteiger partial charge in [0.25, 0.3) is 0 Å². The summed E-state index contributed by atoms with van der Waals surface area (Å²) in [5.74, 6) is 0.0544. The van der Waals surface area contributed by atoms with Crippen LogP contribution in [0.15, 0.2) is 59.2 Å². The first-order chi connectivity index (χ1) is 25.2. The predicted molar refractivity (Wildman–Crippen MR) is 216 cm³/mol. The smallest absolute Gasteiger partial charge is 0.231 e. The topological polar surface area (TPSA) is 138 Å². The van der Waals surface area contributed by atoms with Crippen molar-refractivity contribution in [2.45, 2.75) is 80.1 Å². The first-order valence-electron chi connectivity index (χ1n) is 19.1. The number of rotatable bonds is 19. The highest BCUT2D eigenvalue weighted by Gasteiger charge is 2.18. The van der Waals surface area contributed by atoms with E-state index in [1.807, 2.05) is 51.1 Å². The van der Waals surface area contributed by atoms with E-state index in [-0.39, 0.29) is 24.1 Å². The molecule has 1 aliphatic carbocycles. The van der Waals surface area contributed by atoms with Crippen molar-refractivity contribution < 1.29 is 14.4 Å². The van der Waals surface area contributed by atoms with Crippen LogP contribution >= 0.6 is 11.9 Å². The number of nitriles is 1. The Morgan fingerprint density at radius 3 is 2.15 bits per heavy atom. The lowest BCUT2D eigenvalue weighted by atomic mass is 10.0. The maximum atomic E-state index is 12.6. The Kier molecular flexibility index (Phi) is 26.0. The molecule has 12 heteroatoms. The third-order valence-corrected chi connectivity index (χ3v) is 9.41. The number of amides is 3. The molecule has 0 aromatic heterocycles. The molecule has 0 saturated carbocycles. The molecule has 3 rings (SSSR count). The molecule has 1 fully saturated rings. The summed E-state index contributed by atoms with van der Waals surface area (Å²) < 4.78 is 0. The van der Waals surface area contributed by atoms with E-state index in [2.05, 4.69) is 57.4 Å². The fraction of sp³-hybridized carbons (Fsp3) is 0.600. The Bertz CT molecular complexity index is 1300. The number of hydrogen-bond acceptors (Lipinski definition) is 9. The summed E-state index contributed by atoms with van der Waals surface area (Å²) in [4.78, 5) is 44.1. The summed E-state index contributed by atoms with van der Waals surface area (Å²) in [6, 6.07) is 9.80. The van der Waals surface area contributed by atoms with Gasteiger partial charge >= 0.3 is 0 Å². The van der Waals surface area contributed by atoms with E-state index in [4.69, 9.17) is 10.4 Å². The first kappa shape index (κ1) is 46.6. The van der Waals surface area contributed by atoms with Crippen molar-refractivity contribution >= 4 is 29.7 Å². The zero-order valence-electron chi connectivity index (χ0n) is 32.8. The van der Waals surface area contributed by atoms with Crippen molar-refractivity contribution in [2.24, 2.45) is 5.14 Å². The van der Waals surface area contributed by atoms with Gasteiger partial charge in [-0.25, -0.2) is 0 Å². The average molecular weight is 739 g/mol. The van der Waals surface area contributed by atoms with Gasteiger partial charge in [0, 0.05) is 84.9 Å². The van der Waals surface area contributed by atoms with Gasteiger partial charge in [0.15, 0.2) is 0 Å². The number of hydrogen-bond donors (Lipinski definition) is 3. The summed E-state index contributed by atoms with van der Waals surface area (Å²) in [5, 5.41) is 20.7. The number of carbonyl (C=O) groups is 3. The lowest BCUT2D eigenvalue weighted by Gasteiger charge is -2.35. The molecule has 1 aliphatic heterocycles. The van der Waals surface area contributed by atoms with Crippen LogP contribution in [0.25, 0.3) is 0 Å². The number of likely N-dealkylation sites (N-methyl/N-ethyl adjacent to an activating group) is 2. The second-order valence-corrected chi connectivity index (χ2v) is 13.1. The number of nitrogens with one attached hydrogen (secondary N) is 2. The van der Waals surface area contributed by atoms with Crippen LogP contribution < -0.4 is 15.8 Å². The standard InChI is InChI=1S/C23H35N5O2S.C15H25N3O.C2H6/c1-4-27(5-2)17-16-26-21(29)9-7-8-19-10-12-20(13-11-19)18-22(30)28(6-3)23(31-25)14-15-24;1-14(19)16-7-8-17-9-11-18(12-10-17)13-15-5-3-2-4-6-15;1-2/h10-14H,4-9,16-18,25H2,1-3H3,(H,26,29);3,5-6H,2,4,7-13H2,1H3,(H,16,19);1-2H3/b23-14+;;. The molecule has 0 radical (unpaired) electrons. The highest BCUT2D eigenvalue weighted by atomic mass is 32.2. The fourth-order valence-corrected chi connectivity index (χ4v) is 6.30. The summed E-state index contributed by atoms with van der Waals surface area (Å²) in [6.07, 6.45) is 12.9. The van der Waals surface area contributed by atoms with Gasteiger partial charge < -0.3 is 20.4 Å². The van der Waals surface area contributed by atoms with Gasteiger partial charge in [-0.3, -0.25) is 29.3 Å². The number of allylic oxidation sites excluding steroid dienone is 3. The van der Waals surface area contributed by atoms with E-state index < -0.39 is 0 Å². The number of aryl methyl sites for hydroxylation is 1. The minimum Gasteiger partial charge on any atom is -0.355 e. The van der Waals surface area contributed by atoms with Crippen molar-refractivity contribution in [3.63, 3.8) is 0 Å². The number of benzene rings is 1. The monoisotopic (exact) mass is 738 g/mol. The SMILES string of the molecule is CC.CC(=O)NCCN1CCN(CC2=CCCC=C2)CC1.CCN(CC)CCNC(=O)CCCc1ccc(CC(=O)N(CC)/C(=C\C#N)SN)cc1. The van der Waals surface area contributed by atoms with Gasteiger partial charge in [0.05, 0.1) is 12.5 Å². The van der Waals surface area contributed by atoms with Crippen LogP contribution in [-0.4, -0.2) is 116 Å². The van der Waals surface area contributed by atoms with E-state index in [9.17, 15) is 14.4 Å². The van der Waals surface area contributed by atoms with Crippen LogP contribution in [0, 0.1) is 11.3 Å². The van der Waals surface area contributed by atoms with Crippen LogP contribution in [0.2, 0.25) is 0 Å². The normalized spacial score (nSPS) is 14.6. The molecule has 0 atom stereocenters. The van der Waals surface area contributed by atoms with Crippen LogP contribution in [0.3, 0.4) is 0 Å². The third kappa shape index (κ3) is 20.0. The lowest BCUT2D eigenvalue weighted by molar-refractivity contribution is -0.128. The predicted octanol–water partition coefficient (Wildman–Crippen LogP) is 4.87. The average Bonchev–Trinajstić information content (AvgIpc) is 3.16. The Morgan fingerprint density at radius 2 is 1.60 bits per heavy atom. The van der Waals surface area contributed by atoms with Crippen LogP contribution in [0.1, 0.15) is 78.4 Å². The highest BCUT2D eigenvalue weighted by molar-refractivity contribution is 8.00. The fourth-order valence-electron chi connectivity index (χ4n) is 5.82. The molecule has 290 valence electrons. The molecule has 2 aliphatic rings. The Hall–Kier alpha value is -3.47. The molecule has 4 N–H and O–H groups in total. The van der Waals surface area contributed by atoms with E-state index in [0.29, 0.717) is 24.5 Å². The summed E-state index contributed by atoms with van der Waals surface area (Å²) in [6.45, 7) is 23.0. The first-order valence-corrected chi connectivity index (χ1v) is 20.0. The van der Waals surface area contributed by atoms with Gasteiger partial charge in [-0.05, 0) is 74.3 Å². The molecule has 52 heavy (non-hydrogen) atoms. The summed E-state index contributed by atoms with van der Waals surface area (Å²) in [5.41, 5.74) is 3.51. The number of carbonyl (C=O) groups excluding carboxylic acids is 3. The maximum absolute atomic E-state index is 12.6. The van der Waals surface area contributed by atoms with Crippen molar-refractivity contribution in [3.8, 4) is 6.07 Å². The Labute approximate surface area is 318 Å². The zero-order chi connectivity index (χ0) is 38.6. The lowest BCUT2D eigenvalue weighted by Crippen LogP contribution is -2.48. The summed E-state index contributed by atoms with van der Waals surface area (Å²) >= 11 is 0.897. The third-order valence-electron chi connectivity index (χ3n) is 8.83. The van der Waals surface area contributed by atoms with Crippen LogP contribution in [0.5, 0.6) is 0 Å². The molecule has 3 amide bonds. The molecule has 0 unspecified atom stereocenters. The zero-order valence-corrected chi connectivity index (χ0v) is 33.6. The second kappa shape index (κ2) is 29.0. The van der Waals surface area contributed by atoms with Crippen molar-refractivity contribution in [1.29, 1.82) is 5.26 Å². The van der Waals surface area contributed by atoms with Crippen LogP contribution in [-0.2, 0) is 27.2 Å². The van der Waals surface area contributed by atoms with Gasteiger partial charge in [-0.15, -0.1) is 0 Å². The minimum atomic E-state index is -0.101. The molecule has 11 nitrogen and oxygen atoms in total. The van der Waals surface area contributed by atoms with E-state index in [0.717, 1.165) is 101 Å². The number of piperazine rings is 1. The molecule has 1 heterocycles. The molecule has 1 saturated heterocycles. The molecular formula is C40H66N8O3S. The number of nitrogens with zero attached hydrogens (tertiary/aromatic N) is 5. The second-order valence-electron chi connectivity index (χ2n) is 12.5. The molecule has 1 aromatic carbocycles. The minimum absolute atomic E-state index is 0.0645. The largest absolute Gasteiger partial charge is 0.355 e. The maximum Gasteiger partial charge on any atom is 0.231 e. The Morgan fingerprint density at radius 1 is 0.942 bits per heavy atom. The molecule has 0 bridgehead atoms. The highest BCUT2D eigenvalue weighted by Crippen LogP contribution is 2.17. The quantitative estimate of drug-likeness (QED) is 0.134. The van der Waals surface area contributed by atoms with Gasteiger partial charge in [-0.2, -0.15) is 5.26 Å². The van der Waals surface area contributed by atoms with E-state index in [1.54, 1.807) is 6.92 Å². The molecular weight excluding hydrogens is 673 g/mol. The van der Waals surface area contributed by atoms with Crippen molar-refractivity contribution in [3.05, 3.63) is 70.3 Å². The van der Waals surface area contributed by atoms with Gasteiger partial charge in [0.2, 0.25) is 17.7 Å². The van der Waals surface area contributed by atoms with Crippen molar-refractivity contribution in [2.75, 3.05) is 78.5 Å². The van der Waals surface area contributed by atoms with E-state index >= 15 is 0 Å². The van der Waals surface area contributed by atoms with Crippen LogP contribution in [0.4, 0.5) is 0 Å². The number of nitrogens with two attached hydrogens (primary N) is 1. The molecule has 0 spiro atoms. The Balaban J connectivity index is 0.000000547. The summed E-state index contributed by atoms with van der Waals surface area (Å²) in [7, 11) is 0. The van der Waals surface area contributed by atoms with Gasteiger partial charge in [-0.1, -0.05) is 70.2 Å². The molecule has 1 aromatic rings.